The SMILES string of the molecule is N#CC1CCCOC1c1cccs1. The zero-order valence-corrected chi connectivity index (χ0v) is 8.09. The summed E-state index contributed by atoms with van der Waals surface area (Å²) in [7, 11) is 0. The summed E-state index contributed by atoms with van der Waals surface area (Å²) in [6.45, 7) is 0.792. The van der Waals surface area contributed by atoms with Gasteiger partial charge in [-0.15, -0.1) is 11.3 Å². The van der Waals surface area contributed by atoms with Crippen molar-refractivity contribution in [1.29, 1.82) is 5.26 Å². The highest BCUT2D eigenvalue weighted by Gasteiger charge is 2.27. The highest BCUT2D eigenvalue weighted by Crippen LogP contribution is 2.35. The van der Waals surface area contributed by atoms with E-state index in [2.05, 4.69) is 6.07 Å². The molecule has 0 bridgehead atoms. The van der Waals surface area contributed by atoms with Crippen LogP contribution in [0, 0.1) is 17.2 Å². The van der Waals surface area contributed by atoms with Gasteiger partial charge >= 0.3 is 0 Å². The van der Waals surface area contributed by atoms with Crippen molar-refractivity contribution in [3.05, 3.63) is 22.4 Å². The second-order valence-corrected chi connectivity index (χ2v) is 4.16. The van der Waals surface area contributed by atoms with Crippen LogP contribution in [0.5, 0.6) is 0 Å². The third-order valence-electron chi connectivity index (χ3n) is 2.31. The molecule has 1 aromatic heterocycles. The van der Waals surface area contributed by atoms with Crippen molar-refractivity contribution in [2.24, 2.45) is 5.92 Å². The van der Waals surface area contributed by atoms with Crippen LogP contribution in [0.15, 0.2) is 17.5 Å². The molecule has 0 N–H and O–H groups in total. The second kappa shape index (κ2) is 3.91. The number of nitrogens with zero attached hydrogens (tertiary/aromatic N) is 1. The Labute approximate surface area is 81.8 Å². The molecule has 0 saturated carbocycles. The van der Waals surface area contributed by atoms with Gasteiger partial charge in [0.25, 0.3) is 0 Å². The maximum absolute atomic E-state index is 8.93. The van der Waals surface area contributed by atoms with Crippen LogP contribution >= 0.6 is 11.3 Å². The minimum Gasteiger partial charge on any atom is -0.371 e. The Morgan fingerprint density at radius 1 is 1.62 bits per heavy atom. The van der Waals surface area contributed by atoms with E-state index in [-0.39, 0.29) is 12.0 Å². The molecule has 2 rings (SSSR count). The minimum absolute atomic E-state index is 0.0266. The number of nitriles is 1. The van der Waals surface area contributed by atoms with E-state index in [1.165, 1.54) is 4.88 Å². The van der Waals surface area contributed by atoms with Crippen LogP contribution in [0.3, 0.4) is 0 Å². The van der Waals surface area contributed by atoms with Crippen molar-refractivity contribution in [3.8, 4) is 6.07 Å². The molecule has 1 aromatic rings. The molecule has 13 heavy (non-hydrogen) atoms. The number of thiophene rings is 1. The van der Waals surface area contributed by atoms with Crippen LogP contribution in [-0.2, 0) is 4.74 Å². The summed E-state index contributed by atoms with van der Waals surface area (Å²) in [5.74, 6) is 0.0485. The van der Waals surface area contributed by atoms with Crippen LogP contribution in [0.25, 0.3) is 0 Å². The zero-order valence-electron chi connectivity index (χ0n) is 7.27. The van der Waals surface area contributed by atoms with Gasteiger partial charge in [0, 0.05) is 11.5 Å². The summed E-state index contributed by atoms with van der Waals surface area (Å²) in [5, 5.41) is 11.0. The lowest BCUT2D eigenvalue weighted by atomic mass is 9.95. The first kappa shape index (κ1) is 8.74. The minimum atomic E-state index is 0.0266. The Balaban J connectivity index is 2.17. The molecule has 1 fully saturated rings. The van der Waals surface area contributed by atoms with Crippen LogP contribution in [0.2, 0.25) is 0 Å². The average molecular weight is 193 g/mol. The van der Waals surface area contributed by atoms with Gasteiger partial charge in [0.2, 0.25) is 0 Å². The Hall–Kier alpha value is -0.850. The Morgan fingerprint density at radius 2 is 2.54 bits per heavy atom. The number of ether oxygens (including phenoxy) is 1. The zero-order chi connectivity index (χ0) is 9.10. The van der Waals surface area contributed by atoms with Gasteiger partial charge in [-0.05, 0) is 24.3 Å². The molecule has 2 unspecified atom stereocenters. The largest absolute Gasteiger partial charge is 0.371 e. The van der Waals surface area contributed by atoms with Crippen molar-refractivity contribution >= 4 is 11.3 Å². The van der Waals surface area contributed by atoms with Crippen LogP contribution < -0.4 is 0 Å². The quantitative estimate of drug-likeness (QED) is 0.687. The summed E-state index contributed by atoms with van der Waals surface area (Å²) in [6, 6.07) is 6.38. The fraction of sp³-hybridized carbons (Fsp3) is 0.500. The molecule has 0 amide bonds. The predicted octanol–water partition coefficient (Wildman–Crippen LogP) is 2.74. The number of hydrogen-bond acceptors (Lipinski definition) is 3. The van der Waals surface area contributed by atoms with Crippen LogP contribution in [0.1, 0.15) is 23.8 Å². The monoisotopic (exact) mass is 193 g/mol. The highest BCUT2D eigenvalue weighted by molar-refractivity contribution is 7.10. The smallest absolute Gasteiger partial charge is 0.107 e. The average Bonchev–Trinajstić information content (AvgIpc) is 2.70. The fourth-order valence-electron chi connectivity index (χ4n) is 1.65. The van der Waals surface area contributed by atoms with E-state index in [1.807, 2.05) is 17.5 Å². The molecule has 1 saturated heterocycles. The highest BCUT2D eigenvalue weighted by atomic mass is 32.1. The molecule has 0 aliphatic carbocycles. The first-order chi connectivity index (χ1) is 6.42. The molecule has 1 aliphatic rings. The van der Waals surface area contributed by atoms with Crippen molar-refractivity contribution in [3.63, 3.8) is 0 Å². The van der Waals surface area contributed by atoms with Gasteiger partial charge in [-0.2, -0.15) is 5.26 Å². The van der Waals surface area contributed by atoms with Crippen molar-refractivity contribution < 1.29 is 4.74 Å². The lowest BCUT2D eigenvalue weighted by Crippen LogP contribution is -2.20. The van der Waals surface area contributed by atoms with E-state index >= 15 is 0 Å². The summed E-state index contributed by atoms with van der Waals surface area (Å²) >= 11 is 1.67. The first-order valence-electron chi connectivity index (χ1n) is 4.46. The van der Waals surface area contributed by atoms with Crippen molar-refractivity contribution in [2.45, 2.75) is 18.9 Å². The molecule has 0 radical (unpaired) electrons. The van der Waals surface area contributed by atoms with E-state index < -0.39 is 0 Å². The summed E-state index contributed by atoms with van der Waals surface area (Å²) < 4.78 is 5.61. The maximum atomic E-state index is 8.93. The Kier molecular flexibility index (Phi) is 2.62. The van der Waals surface area contributed by atoms with Gasteiger partial charge < -0.3 is 4.74 Å². The van der Waals surface area contributed by atoms with Gasteiger partial charge in [-0.1, -0.05) is 6.07 Å². The molecular formula is C10H11NOS. The normalized spacial score (nSPS) is 28.2. The molecule has 2 atom stereocenters. The fourth-order valence-corrected chi connectivity index (χ4v) is 2.48. The predicted molar refractivity (Wildman–Crippen MR) is 51.3 cm³/mol. The van der Waals surface area contributed by atoms with Gasteiger partial charge in [0.1, 0.15) is 6.10 Å². The molecular weight excluding hydrogens is 182 g/mol. The molecule has 2 nitrogen and oxygen atoms in total. The summed E-state index contributed by atoms with van der Waals surface area (Å²) in [4.78, 5) is 1.19. The first-order valence-corrected chi connectivity index (χ1v) is 5.34. The standard InChI is InChI=1S/C10H11NOS/c11-7-8-3-1-5-12-10(8)9-4-2-6-13-9/h2,4,6,8,10H,1,3,5H2. The third-order valence-corrected chi connectivity index (χ3v) is 3.25. The van der Waals surface area contributed by atoms with Gasteiger partial charge in [0.05, 0.1) is 12.0 Å². The van der Waals surface area contributed by atoms with Crippen LogP contribution in [-0.4, -0.2) is 6.61 Å². The topological polar surface area (TPSA) is 33.0 Å². The van der Waals surface area contributed by atoms with E-state index in [0.29, 0.717) is 0 Å². The van der Waals surface area contributed by atoms with Crippen molar-refractivity contribution in [1.82, 2.24) is 0 Å². The van der Waals surface area contributed by atoms with Crippen molar-refractivity contribution in [2.75, 3.05) is 6.61 Å². The van der Waals surface area contributed by atoms with Crippen LogP contribution in [0.4, 0.5) is 0 Å². The molecule has 68 valence electrons. The third kappa shape index (κ3) is 1.74. The number of hydrogen-bond donors (Lipinski definition) is 0. The molecule has 1 aliphatic heterocycles. The molecule has 3 heteroatoms. The maximum Gasteiger partial charge on any atom is 0.107 e. The Morgan fingerprint density at radius 3 is 3.23 bits per heavy atom. The summed E-state index contributed by atoms with van der Waals surface area (Å²) in [5.41, 5.74) is 0. The lowest BCUT2D eigenvalue weighted by Gasteiger charge is -2.26. The van der Waals surface area contributed by atoms with E-state index in [9.17, 15) is 0 Å². The van der Waals surface area contributed by atoms with Gasteiger partial charge in [0.15, 0.2) is 0 Å². The summed E-state index contributed by atoms with van der Waals surface area (Å²) in [6.07, 6.45) is 2.01. The number of rotatable bonds is 1. The van der Waals surface area contributed by atoms with E-state index in [0.717, 1.165) is 19.4 Å². The molecule has 2 heterocycles. The molecule has 0 aromatic carbocycles. The van der Waals surface area contributed by atoms with Gasteiger partial charge in [-0.3, -0.25) is 0 Å². The van der Waals surface area contributed by atoms with Gasteiger partial charge in [-0.25, -0.2) is 0 Å². The molecule has 0 spiro atoms. The Bertz CT molecular complexity index is 301. The lowest BCUT2D eigenvalue weighted by molar-refractivity contribution is -0.00791. The van der Waals surface area contributed by atoms with E-state index in [4.69, 9.17) is 10.00 Å². The second-order valence-electron chi connectivity index (χ2n) is 3.18. The van der Waals surface area contributed by atoms with E-state index in [1.54, 1.807) is 11.3 Å².